The standard InChI is InChI=1S/C43H35N2O.C16H19N2.Ir/c1-27(2)36-25-32(31-23-21-30(22-24-31)29-13-6-5-7-14-29)26-37(28(3)4)41(36)45-39-19-10-9-18-38(39)44-43(45)35-17-12-16-34-33-15-8-11-20-40(33)46-42(34)35;1-12-5-7-14(11-17-12)15-8-6-13(10-18-15)9-16(2,3)4;/h5-16,18-28H,1-4H3;5-8,10H,9H2,1-4H3;/q2*-1;/i;1D3,9D2;. The van der Waals surface area contributed by atoms with Crippen molar-refractivity contribution >= 4 is 33.0 Å². The smallest absolute Gasteiger partial charge is 0.120 e. The maximum Gasteiger partial charge on any atom is 0.120 e. The first kappa shape index (κ1) is 39.0. The van der Waals surface area contributed by atoms with E-state index >= 15 is 0 Å². The van der Waals surface area contributed by atoms with E-state index in [4.69, 9.17) is 16.3 Å². The molecular formula is C59H54IrN4O-2. The Morgan fingerprint density at radius 1 is 0.708 bits per heavy atom. The molecule has 10 rings (SSSR count). The number of fused-ring (bicyclic) bond motifs is 4. The van der Waals surface area contributed by atoms with Gasteiger partial charge in [0.25, 0.3) is 0 Å². The summed E-state index contributed by atoms with van der Waals surface area (Å²) in [7, 11) is 0. The zero-order chi connectivity index (χ0) is 48.8. The topological polar surface area (TPSA) is 56.7 Å². The number of hydrogen-bond donors (Lipinski definition) is 0. The number of aromatic nitrogens is 4. The van der Waals surface area contributed by atoms with Gasteiger partial charge in [-0.25, -0.2) is 0 Å². The van der Waals surface area contributed by atoms with Crippen molar-refractivity contribution in [2.24, 2.45) is 5.41 Å². The van der Waals surface area contributed by atoms with Crippen LogP contribution in [0.25, 0.3) is 83.6 Å². The van der Waals surface area contributed by atoms with E-state index in [1.165, 1.54) is 51.3 Å². The summed E-state index contributed by atoms with van der Waals surface area (Å²) >= 11 is 0. The molecule has 65 heavy (non-hydrogen) atoms. The van der Waals surface area contributed by atoms with Gasteiger partial charge in [0.1, 0.15) is 5.58 Å². The normalized spacial score (nSPS) is 13.2. The Labute approximate surface area is 404 Å². The number of imidazole rings is 1. The van der Waals surface area contributed by atoms with Crippen LogP contribution < -0.4 is 0 Å². The average Bonchev–Trinajstić information content (AvgIpc) is 3.92. The van der Waals surface area contributed by atoms with Crippen molar-refractivity contribution in [3.63, 3.8) is 0 Å². The summed E-state index contributed by atoms with van der Waals surface area (Å²) in [6.45, 7) is 12.4. The fourth-order valence-corrected chi connectivity index (χ4v) is 8.31. The maximum absolute atomic E-state index is 8.23. The minimum atomic E-state index is -2.25. The summed E-state index contributed by atoms with van der Waals surface area (Å²) in [6.07, 6.45) is 2.68. The van der Waals surface area contributed by atoms with Gasteiger partial charge in [-0.3, -0.25) is 4.98 Å². The van der Waals surface area contributed by atoms with Gasteiger partial charge in [-0.1, -0.05) is 163 Å². The molecule has 4 heterocycles. The first-order valence-corrected chi connectivity index (χ1v) is 21.9. The third kappa shape index (κ3) is 9.52. The van der Waals surface area contributed by atoms with E-state index in [9.17, 15) is 0 Å². The molecule has 0 saturated heterocycles. The SMILES string of the molecule is CC(C)c1cc(-c2ccc(-c3ccccc3)cc2)cc(C(C)C)c1-n1c(-c2[c-]ccc3c2oc2ccccc23)nc2ccccc21.[2H]C([2H])([2H])c1ccc(-c2ccc(C([2H])([2H])C(C)(C)C)cn2)[c-]n1.[Ir]. The Hall–Kier alpha value is -6.46. The van der Waals surface area contributed by atoms with Crippen molar-refractivity contribution in [2.45, 2.75) is 73.5 Å². The molecule has 6 heteroatoms. The molecule has 0 aliphatic rings. The first-order chi connectivity index (χ1) is 32.9. The van der Waals surface area contributed by atoms with Gasteiger partial charge in [0, 0.05) is 44.2 Å². The van der Waals surface area contributed by atoms with E-state index in [-0.39, 0.29) is 37.6 Å². The number of nitrogens with zero attached hydrogens (tertiary/aromatic N) is 4. The van der Waals surface area contributed by atoms with Crippen LogP contribution in [0.5, 0.6) is 0 Å². The van der Waals surface area contributed by atoms with E-state index in [0.717, 1.165) is 44.4 Å². The van der Waals surface area contributed by atoms with Crippen molar-refractivity contribution in [1.29, 1.82) is 0 Å². The first-order valence-electron chi connectivity index (χ1n) is 24.4. The fourth-order valence-electron chi connectivity index (χ4n) is 8.31. The Morgan fingerprint density at radius 2 is 1.37 bits per heavy atom. The molecule has 4 aromatic heterocycles. The van der Waals surface area contributed by atoms with Crippen LogP contribution in [0.4, 0.5) is 0 Å². The van der Waals surface area contributed by atoms with Crippen molar-refractivity contribution < 1.29 is 31.4 Å². The summed E-state index contributed by atoms with van der Waals surface area (Å²) in [5, 5.41) is 2.18. The zero-order valence-electron chi connectivity index (χ0n) is 42.7. The van der Waals surface area contributed by atoms with E-state index in [0.29, 0.717) is 16.8 Å². The number of furan rings is 1. The van der Waals surface area contributed by atoms with Gasteiger partial charge < -0.3 is 19.0 Å². The number of aryl methyl sites for hydroxylation is 1. The molecule has 5 nitrogen and oxygen atoms in total. The second-order valence-corrected chi connectivity index (χ2v) is 17.9. The Kier molecular flexibility index (Phi) is 11.4. The predicted molar refractivity (Wildman–Crippen MR) is 266 cm³/mol. The minimum Gasteiger partial charge on any atom is -0.501 e. The van der Waals surface area contributed by atoms with Crippen molar-refractivity contribution in [2.75, 3.05) is 0 Å². The van der Waals surface area contributed by atoms with Crippen LogP contribution >= 0.6 is 0 Å². The molecule has 0 saturated carbocycles. The Morgan fingerprint density at radius 3 is 2.02 bits per heavy atom. The van der Waals surface area contributed by atoms with E-state index in [1.54, 1.807) is 18.2 Å². The number of rotatable bonds is 8. The van der Waals surface area contributed by atoms with E-state index < -0.39 is 18.6 Å². The molecule has 0 aliphatic heterocycles. The Bertz CT molecular complexity index is 3400. The van der Waals surface area contributed by atoms with Crippen LogP contribution in [0.3, 0.4) is 0 Å². The van der Waals surface area contributed by atoms with Crippen LogP contribution in [0.1, 0.15) is 89.5 Å². The second-order valence-electron chi connectivity index (χ2n) is 17.9. The number of benzene rings is 6. The monoisotopic (exact) mass is 1030 g/mol. The zero-order valence-corrected chi connectivity index (χ0v) is 40.1. The summed E-state index contributed by atoms with van der Waals surface area (Å²) in [4.78, 5) is 13.4. The van der Waals surface area contributed by atoms with Gasteiger partial charge >= 0.3 is 0 Å². The minimum absolute atomic E-state index is 0. The summed E-state index contributed by atoms with van der Waals surface area (Å²) in [6, 6.07) is 55.0. The molecule has 0 bridgehead atoms. The molecule has 1 radical (unpaired) electrons. The predicted octanol–water partition coefficient (Wildman–Crippen LogP) is 15.8. The largest absolute Gasteiger partial charge is 0.501 e. The molecule has 0 aliphatic carbocycles. The maximum atomic E-state index is 8.23. The third-order valence-corrected chi connectivity index (χ3v) is 11.3. The van der Waals surface area contributed by atoms with Crippen molar-refractivity contribution in [3.8, 4) is 50.6 Å². The van der Waals surface area contributed by atoms with Crippen LogP contribution in [0.2, 0.25) is 0 Å². The van der Waals surface area contributed by atoms with Gasteiger partial charge in [-0.05, 0) is 110 Å². The molecule has 6 aromatic carbocycles. The number of hydrogen-bond acceptors (Lipinski definition) is 4. The number of para-hydroxylation sites is 3. The molecule has 0 amide bonds. The third-order valence-electron chi connectivity index (χ3n) is 11.3. The van der Waals surface area contributed by atoms with Gasteiger partial charge in [0.15, 0.2) is 0 Å². The average molecular weight is 1030 g/mol. The van der Waals surface area contributed by atoms with Crippen LogP contribution in [0, 0.1) is 24.5 Å². The van der Waals surface area contributed by atoms with Crippen molar-refractivity contribution in [3.05, 3.63) is 193 Å². The van der Waals surface area contributed by atoms with Gasteiger partial charge in [-0.2, -0.15) is 0 Å². The summed E-state index contributed by atoms with van der Waals surface area (Å²) in [5.41, 5.74) is 14.3. The molecule has 0 fully saturated rings. The summed E-state index contributed by atoms with van der Waals surface area (Å²) < 4.78 is 47.2. The van der Waals surface area contributed by atoms with Gasteiger partial charge in [0.2, 0.25) is 0 Å². The molecular weight excluding hydrogens is 973 g/mol. The van der Waals surface area contributed by atoms with Gasteiger partial charge in [-0.15, -0.1) is 35.9 Å². The molecule has 0 N–H and O–H groups in total. The summed E-state index contributed by atoms with van der Waals surface area (Å²) in [5.74, 6) is 1.39. The molecule has 327 valence electrons. The second kappa shape index (κ2) is 18.9. The van der Waals surface area contributed by atoms with Gasteiger partial charge in [0.05, 0.1) is 22.4 Å². The van der Waals surface area contributed by atoms with Crippen LogP contribution in [-0.4, -0.2) is 19.5 Å². The molecule has 0 spiro atoms. The molecule has 0 atom stereocenters. The van der Waals surface area contributed by atoms with E-state index in [2.05, 4.69) is 164 Å². The fraction of sp³-hybridized carbons (Fsp3) is 0.203. The number of pyridine rings is 2. The molecule has 0 unspecified atom stereocenters. The molecule has 10 aromatic rings. The van der Waals surface area contributed by atoms with Crippen LogP contribution in [-0.2, 0) is 26.5 Å². The van der Waals surface area contributed by atoms with Crippen LogP contribution in [0.15, 0.2) is 162 Å². The quantitative estimate of drug-likeness (QED) is 0.142. The van der Waals surface area contributed by atoms with E-state index in [1.807, 2.05) is 39.0 Å². The Balaban J connectivity index is 0.000000233. The van der Waals surface area contributed by atoms with Crippen molar-refractivity contribution in [1.82, 2.24) is 19.5 Å².